The summed E-state index contributed by atoms with van der Waals surface area (Å²) in [6.45, 7) is 9.90. The third kappa shape index (κ3) is 8.69. The van der Waals surface area contributed by atoms with E-state index in [-0.39, 0.29) is 11.3 Å². The van der Waals surface area contributed by atoms with Crippen molar-refractivity contribution in [3.05, 3.63) is 29.3 Å². The van der Waals surface area contributed by atoms with Gasteiger partial charge >= 0.3 is 5.97 Å². The number of carbonyl (C=O) groups is 3. The van der Waals surface area contributed by atoms with Crippen LogP contribution >= 0.6 is 11.8 Å². The van der Waals surface area contributed by atoms with Crippen LogP contribution in [0, 0.1) is 0 Å². The zero-order valence-corrected chi connectivity index (χ0v) is 16.1. The molecule has 0 aromatic heterocycles. The monoisotopic (exact) mass is 369 g/mol. The molecule has 0 unspecified atom stereocenters. The van der Waals surface area contributed by atoms with Gasteiger partial charge in [0.15, 0.2) is 5.78 Å². The van der Waals surface area contributed by atoms with E-state index in [2.05, 4.69) is 18.7 Å². The molecule has 0 bridgehead atoms. The smallest absolute Gasteiger partial charge is 0.336 e. The fourth-order valence-corrected chi connectivity index (χ4v) is 3.29. The number of carboxylic acid groups (broad SMARTS) is 2. The van der Waals surface area contributed by atoms with Crippen molar-refractivity contribution in [3.63, 3.8) is 0 Å². The third-order valence-electron chi connectivity index (χ3n) is 3.42. The molecule has 0 amide bonds. The van der Waals surface area contributed by atoms with Gasteiger partial charge in [-0.05, 0) is 19.2 Å². The number of nitrogens with zero attached hydrogens (tertiary/aromatic N) is 1. The lowest BCUT2D eigenvalue weighted by molar-refractivity contribution is -0.134. The Labute approximate surface area is 153 Å². The molecular formula is C18H27NO5S. The fraction of sp³-hybridized carbons (Fsp3) is 0.500. The Morgan fingerprint density at radius 1 is 1.04 bits per heavy atom. The van der Waals surface area contributed by atoms with Gasteiger partial charge in [0, 0.05) is 36.1 Å². The second-order valence-corrected chi connectivity index (χ2v) is 6.26. The van der Waals surface area contributed by atoms with Gasteiger partial charge in [-0.2, -0.15) is 0 Å². The van der Waals surface area contributed by atoms with Crippen molar-refractivity contribution < 1.29 is 24.6 Å². The lowest BCUT2D eigenvalue weighted by Gasteiger charge is -2.18. The number of rotatable bonds is 9. The van der Waals surface area contributed by atoms with E-state index in [1.165, 1.54) is 11.8 Å². The lowest BCUT2D eigenvalue weighted by Crippen LogP contribution is -2.25. The molecule has 0 spiro atoms. The molecule has 1 aromatic carbocycles. The summed E-state index contributed by atoms with van der Waals surface area (Å²) in [4.78, 5) is 35.2. The summed E-state index contributed by atoms with van der Waals surface area (Å²) >= 11 is 1.46. The average molecular weight is 369 g/mol. The molecule has 0 saturated carbocycles. The zero-order valence-electron chi connectivity index (χ0n) is 15.2. The Kier molecular flexibility index (Phi) is 11.6. The second-order valence-electron chi connectivity index (χ2n) is 5.16. The summed E-state index contributed by atoms with van der Waals surface area (Å²) in [5, 5.41) is 16.7. The third-order valence-corrected chi connectivity index (χ3v) is 4.53. The van der Waals surface area contributed by atoms with Crippen LogP contribution in [-0.2, 0) is 4.79 Å². The van der Waals surface area contributed by atoms with E-state index in [4.69, 9.17) is 9.90 Å². The highest BCUT2D eigenvalue weighted by molar-refractivity contribution is 7.99. The summed E-state index contributed by atoms with van der Waals surface area (Å²) in [6.07, 6.45) is 0.382. The average Bonchev–Trinajstić information content (AvgIpc) is 2.57. The van der Waals surface area contributed by atoms with Crippen LogP contribution in [0.25, 0.3) is 0 Å². The number of hydrogen-bond donors (Lipinski definition) is 2. The first-order chi connectivity index (χ1) is 11.8. The van der Waals surface area contributed by atoms with E-state index >= 15 is 0 Å². The highest BCUT2D eigenvalue weighted by atomic mass is 32.2. The maximum atomic E-state index is 12.0. The molecule has 140 valence electrons. The van der Waals surface area contributed by atoms with Crippen LogP contribution < -0.4 is 0 Å². The minimum absolute atomic E-state index is 0.0107. The van der Waals surface area contributed by atoms with Gasteiger partial charge < -0.3 is 15.1 Å². The van der Waals surface area contributed by atoms with Crippen molar-refractivity contribution in [1.82, 2.24) is 4.90 Å². The normalized spacial score (nSPS) is 10.1. The predicted molar refractivity (Wildman–Crippen MR) is 99.8 cm³/mol. The first-order valence-corrected chi connectivity index (χ1v) is 9.21. The molecule has 0 aliphatic heterocycles. The Morgan fingerprint density at radius 2 is 1.56 bits per heavy atom. The SMILES string of the molecule is CC(=O)O.CCC(=O)c1cccc(C(=O)O)c1SCCN(CC)CC. The number of thioether (sulfide) groups is 1. The van der Waals surface area contributed by atoms with Crippen molar-refractivity contribution in [1.29, 1.82) is 0 Å². The maximum absolute atomic E-state index is 12.0. The quantitative estimate of drug-likeness (QED) is 0.508. The van der Waals surface area contributed by atoms with E-state index in [9.17, 15) is 14.7 Å². The summed E-state index contributed by atoms with van der Waals surface area (Å²) < 4.78 is 0. The van der Waals surface area contributed by atoms with Gasteiger partial charge in [-0.15, -0.1) is 11.8 Å². The highest BCUT2D eigenvalue weighted by Gasteiger charge is 2.18. The van der Waals surface area contributed by atoms with Gasteiger partial charge in [0.05, 0.1) is 5.56 Å². The minimum atomic E-state index is -0.980. The number of carboxylic acids is 2. The number of aliphatic carboxylic acids is 1. The summed E-state index contributed by atoms with van der Waals surface area (Å²) in [6, 6.07) is 4.92. The zero-order chi connectivity index (χ0) is 19.4. The van der Waals surface area contributed by atoms with Crippen molar-refractivity contribution >= 4 is 29.5 Å². The van der Waals surface area contributed by atoms with Gasteiger partial charge in [-0.3, -0.25) is 9.59 Å². The molecule has 1 rings (SSSR count). The van der Waals surface area contributed by atoms with Crippen LogP contribution in [0.1, 0.15) is 54.8 Å². The van der Waals surface area contributed by atoms with Crippen molar-refractivity contribution in [2.75, 3.05) is 25.4 Å². The van der Waals surface area contributed by atoms with Gasteiger partial charge in [0.1, 0.15) is 0 Å². The molecule has 0 saturated heterocycles. The molecule has 2 N–H and O–H groups in total. The van der Waals surface area contributed by atoms with E-state index in [1.807, 2.05) is 0 Å². The summed E-state index contributed by atoms with van der Waals surface area (Å²) in [7, 11) is 0. The molecule has 6 nitrogen and oxygen atoms in total. The number of Topliss-reactive ketones (excluding diaryl/α,β-unsaturated/α-hetero) is 1. The van der Waals surface area contributed by atoms with E-state index in [0.717, 1.165) is 32.3 Å². The van der Waals surface area contributed by atoms with Crippen LogP contribution in [0.15, 0.2) is 23.1 Å². The van der Waals surface area contributed by atoms with Crippen molar-refractivity contribution in [2.24, 2.45) is 0 Å². The number of aromatic carboxylic acids is 1. The van der Waals surface area contributed by atoms with Crippen LogP contribution in [0.4, 0.5) is 0 Å². The first-order valence-electron chi connectivity index (χ1n) is 8.22. The van der Waals surface area contributed by atoms with Gasteiger partial charge in [-0.1, -0.05) is 32.9 Å². The van der Waals surface area contributed by atoms with Crippen molar-refractivity contribution in [2.45, 2.75) is 39.0 Å². The number of hydrogen-bond acceptors (Lipinski definition) is 5. The largest absolute Gasteiger partial charge is 0.481 e. The molecule has 0 fully saturated rings. The number of carbonyl (C=O) groups excluding carboxylic acids is 1. The van der Waals surface area contributed by atoms with Crippen LogP contribution in [-0.4, -0.2) is 58.2 Å². The Hall–Kier alpha value is -1.86. The van der Waals surface area contributed by atoms with Gasteiger partial charge in [-0.25, -0.2) is 4.79 Å². The molecule has 0 aliphatic carbocycles. The Balaban J connectivity index is 0.00000129. The minimum Gasteiger partial charge on any atom is -0.481 e. The highest BCUT2D eigenvalue weighted by Crippen LogP contribution is 2.28. The standard InChI is InChI=1S/C16H23NO3S.C2H4O2/c1-4-14(18)12-8-7-9-13(16(19)20)15(12)21-11-10-17(5-2)6-3;1-2(3)4/h7-9H,4-6,10-11H2,1-3H3,(H,19,20);1H3,(H,3,4). The molecule has 25 heavy (non-hydrogen) atoms. The fourth-order valence-electron chi connectivity index (χ4n) is 2.09. The summed E-state index contributed by atoms with van der Waals surface area (Å²) in [5.74, 6) is -1.05. The van der Waals surface area contributed by atoms with Crippen LogP contribution in [0.2, 0.25) is 0 Å². The van der Waals surface area contributed by atoms with Gasteiger partial charge in [0.2, 0.25) is 0 Å². The molecule has 0 atom stereocenters. The van der Waals surface area contributed by atoms with E-state index in [0.29, 0.717) is 16.9 Å². The maximum Gasteiger partial charge on any atom is 0.336 e. The van der Waals surface area contributed by atoms with Crippen LogP contribution in [0.3, 0.4) is 0 Å². The molecule has 0 radical (unpaired) electrons. The van der Waals surface area contributed by atoms with Crippen LogP contribution in [0.5, 0.6) is 0 Å². The predicted octanol–water partition coefficient (Wildman–Crippen LogP) is 3.50. The van der Waals surface area contributed by atoms with E-state index in [1.54, 1.807) is 25.1 Å². The lowest BCUT2D eigenvalue weighted by atomic mass is 10.1. The van der Waals surface area contributed by atoms with E-state index < -0.39 is 11.9 Å². The second kappa shape index (κ2) is 12.5. The number of benzene rings is 1. The molecular weight excluding hydrogens is 342 g/mol. The Bertz CT molecular complexity index is 581. The molecule has 0 heterocycles. The molecule has 0 aliphatic rings. The number of ketones is 1. The first kappa shape index (κ1) is 23.1. The Morgan fingerprint density at radius 3 is 2.00 bits per heavy atom. The molecule has 7 heteroatoms. The van der Waals surface area contributed by atoms with Crippen molar-refractivity contribution in [3.8, 4) is 0 Å². The topological polar surface area (TPSA) is 94.9 Å². The van der Waals surface area contributed by atoms with Gasteiger partial charge in [0.25, 0.3) is 5.97 Å². The molecule has 1 aromatic rings. The summed E-state index contributed by atoms with van der Waals surface area (Å²) in [5.41, 5.74) is 0.751.